The molecule has 17 heavy (non-hydrogen) atoms. The molecule has 0 bridgehead atoms. The van der Waals surface area contributed by atoms with E-state index in [0.29, 0.717) is 5.88 Å². The third-order valence-electron chi connectivity index (χ3n) is 3.61. The molecule has 0 saturated heterocycles. The first-order chi connectivity index (χ1) is 7.87. The number of carbonyl (C=O) groups is 1. The number of carboxylic acid groups (broad SMARTS) is 1. The molecule has 0 aromatic carbocycles. The number of methoxy groups -OCH3 is 1. The molecule has 1 aromatic rings. The van der Waals surface area contributed by atoms with Gasteiger partial charge in [-0.25, -0.2) is 4.98 Å². The van der Waals surface area contributed by atoms with E-state index in [-0.39, 0.29) is 17.3 Å². The van der Waals surface area contributed by atoms with Crippen molar-refractivity contribution in [2.45, 2.75) is 26.7 Å². The lowest BCUT2D eigenvalue weighted by molar-refractivity contribution is -0.139. The molecule has 1 N–H and O–H groups in total. The molecule has 92 valence electrons. The second kappa shape index (κ2) is 3.72. The van der Waals surface area contributed by atoms with E-state index in [9.17, 15) is 4.79 Å². The van der Waals surface area contributed by atoms with Gasteiger partial charge in [0.05, 0.1) is 13.0 Å². The van der Waals surface area contributed by atoms with E-state index in [1.807, 2.05) is 32.9 Å². The van der Waals surface area contributed by atoms with Crippen LogP contribution in [0.3, 0.4) is 0 Å². The van der Waals surface area contributed by atoms with Crippen LogP contribution < -0.4 is 4.74 Å². The van der Waals surface area contributed by atoms with E-state index in [1.165, 1.54) is 0 Å². The van der Waals surface area contributed by atoms with Crippen molar-refractivity contribution in [3.05, 3.63) is 23.4 Å². The van der Waals surface area contributed by atoms with Crippen molar-refractivity contribution in [2.75, 3.05) is 7.11 Å². The van der Waals surface area contributed by atoms with Gasteiger partial charge < -0.3 is 9.84 Å². The number of nitrogens with zero attached hydrogens (tertiary/aromatic N) is 1. The summed E-state index contributed by atoms with van der Waals surface area (Å²) in [5.41, 5.74) is 1.67. The van der Waals surface area contributed by atoms with E-state index in [4.69, 9.17) is 9.84 Å². The molecular weight excluding hydrogens is 218 g/mol. The number of carboxylic acids is 1. The second-order valence-corrected chi connectivity index (χ2v) is 5.20. The minimum absolute atomic E-state index is 0.0515. The van der Waals surface area contributed by atoms with Gasteiger partial charge in [0.15, 0.2) is 0 Å². The topological polar surface area (TPSA) is 59.4 Å². The Morgan fingerprint density at radius 2 is 2.12 bits per heavy atom. The lowest BCUT2D eigenvalue weighted by Crippen LogP contribution is -2.03. The van der Waals surface area contributed by atoms with Crippen LogP contribution in [0, 0.1) is 18.3 Å². The Kier molecular flexibility index (Phi) is 2.60. The van der Waals surface area contributed by atoms with E-state index in [1.54, 1.807) is 7.11 Å². The highest BCUT2D eigenvalue weighted by Crippen LogP contribution is 2.64. The summed E-state index contributed by atoms with van der Waals surface area (Å²) >= 11 is 0. The fourth-order valence-electron chi connectivity index (χ4n) is 2.67. The number of hydrogen-bond donors (Lipinski definition) is 1. The van der Waals surface area contributed by atoms with E-state index < -0.39 is 5.97 Å². The zero-order chi connectivity index (χ0) is 12.8. The molecule has 1 aliphatic rings. The predicted molar refractivity (Wildman–Crippen MR) is 63.2 cm³/mol. The molecule has 1 heterocycles. The summed E-state index contributed by atoms with van der Waals surface area (Å²) in [6, 6.07) is 3.78. The minimum Gasteiger partial charge on any atom is -0.481 e. The van der Waals surface area contributed by atoms with Gasteiger partial charge in [0.2, 0.25) is 5.88 Å². The molecule has 1 aromatic heterocycles. The van der Waals surface area contributed by atoms with Gasteiger partial charge in [-0.3, -0.25) is 4.79 Å². The fraction of sp³-hybridized carbons (Fsp3) is 0.538. The van der Waals surface area contributed by atoms with Crippen LogP contribution >= 0.6 is 0 Å². The van der Waals surface area contributed by atoms with Crippen molar-refractivity contribution in [1.82, 2.24) is 4.98 Å². The van der Waals surface area contributed by atoms with Gasteiger partial charge in [-0.05, 0) is 24.0 Å². The first-order valence-electron chi connectivity index (χ1n) is 5.63. The number of pyridine rings is 1. The monoisotopic (exact) mass is 235 g/mol. The zero-order valence-electron chi connectivity index (χ0n) is 10.5. The molecule has 0 amide bonds. The quantitative estimate of drug-likeness (QED) is 0.872. The molecule has 0 unspecified atom stereocenters. The lowest BCUT2D eigenvalue weighted by atomic mass is 10.0. The largest absolute Gasteiger partial charge is 0.481 e. The molecule has 1 saturated carbocycles. The van der Waals surface area contributed by atoms with Gasteiger partial charge in [-0.1, -0.05) is 13.8 Å². The fourth-order valence-corrected chi connectivity index (χ4v) is 2.67. The minimum atomic E-state index is -0.728. The predicted octanol–water partition coefficient (Wildman–Crippen LogP) is 2.22. The van der Waals surface area contributed by atoms with Crippen molar-refractivity contribution in [3.8, 4) is 5.88 Å². The van der Waals surface area contributed by atoms with Gasteiger partial charge in [-0.15, -0.1) is 0 Å². The Balaban J connectivity index is 2.36. The molecule has 4 nitrogen and oxygen atoms in total. The maximum atomic E-state index is 11.2. The summed E-state index contributed by atoms with van der Waals surface area (Å²) in [6.07, 6.45) is 0. The van der Waals surface area contributed by atoms with E-state index in [2.05, 4.69) is 4.98 Å². The van der Waals surface area contributed by atoms with Crippen LogP contribution in [0.1, 0.15) is 31.0 Å². The molecule has 1 aliphatic carbocycles. The molecule has 2 atom stereocenters. The molecule has 0 spiro atoms. The number of aryl methyl sites for hydroxylation is 1. The van der Waals surface area contributed by atoms with Crippen molar-refractivity contribution in [2.24, 2.45) is 11.3 Å². The normalized spacial score (nSPS) is 25.4. The number of hydrogen-bond acceptors (Lipinski definition) is 3. The third-order valence-corrected chi connectivity index (χ3v) is 3.61. The Morgan fingerprint density at radius 3 is 2.59 bits per heavy atom. The number of rotatable bonds is 3. The van der Waals surface area contributed by atoms with Crippen molar-refractivity contribution < 1.29 is 14.6 Å². The van der Waals surface area contributed by atoms with Crippen LogP contribution in [-0.4, -0.2) is 23.2 Å². The van der Waals surface area contributed by atoms with Crippen LogP contribution in [0.2, 0.25) is 0 Å². The van der Waals surface area contributed by atoms with Crippen LogP contribution in [0.15, 0.2) is 12.1 Å². The van der Waals surface area contributed by atoms with Gasteiger partial charge in [0.1, 0.15) is 0 Å². The van der Waals surface area contributed by atoms with Crippen LogP contribution in [0.25, 0.3) is 0 Å². The lowest BCUT2D eigenvalue weighted by Gasteiger charge is -2.06. The standard InChI is InChI=1S/C13H17NO3/c1-7-5-8(6-9(14-7)17-4)10-11(12(15)16)13(10,2)3/h5-6,10-11H,1-4H3,(H,15,16)/t10-,11+/m1/s1. The first-order valence-corrected chi connectivity index (χ1v) is 5.63. The first kappa shape index (κ1) is 11.9. The number of aromatic nitrogens is 1. The van der Waals surface area contributed by atoms with E-state index >= 15 is 0 Å². The van der Waals surface area contributed by atoms with Gasteiger partial charge in [0, 0.05) is 17.7 Å². The Labute approximate surface area is 101 Å². The number of aliphatic carboxylic acids is 1. The van der Waals surface area contributed by atoms with Crippen molar-refractivity contribution in [1.29, 1.82) is 0 Å². The van der Waals surface area contributed by atoms with Crippen LogP contribution in [-0.2, 0) is 4.79 Å². The SMILES string of the molecule is COc1cc([C@@H]2[C@@H](C(=O)O)C2(C)C)cc(C)n1. The molecule has 2 rings (SSSR count). The summed E-state index contributed by atoms with van der Waals surface area (Å²) < 4.78 is 5.12. The molecule has 0 aliphatic heterocycles. The zero-order valence-corrected chi connectivity index (χ0v) is 10.5. The summed E-state index contributed by atoms with van der Waals surface area (Å²) in [5, 5.41) is 9.17. The van der Waals surface area contributed by atoms with Crippen molar-refractivity contribution >= 4 is 5.97 Å². The van der Waals surface area contributed by atoms with Gasteiger partial charge in [-0.2, -0.15) is 0 Å². The molecule has 1 fully saturated rings. The van der Waals surface area contributed by atoms with E-state index in [0.717, 1.165) is 11.3 Å². The van der Waals surface area contributed by atoms with Gasteiger partial charge >= 0.3 is 5.97 Å². The van der Waals surface area contributed by atoms with Crippen molar-refractivity contribution in [3.63, 3.8) is 0 Å². The summed E-state index contributed by atoms with van der Waals surface area (Å²) in [6.45, 7) is 5.86. The Hall–Kier alpha value is -1.58. The number of ether oxygens (including phenoxy) is 1. The third kappa shape index (κ3) is 1.88. The summed E-state index contributed by atoms with van der Waals surface area (Å²) in [7, 11) is 1.57. The molecule has 4 heteroatoms. The maximum absolute atomic E-state index is 11.2. The Morgan fingerprint density at radius 1 is 1.47 bits per heavy atom. The second-order valence-electron chi connectivity index (χ2n) is 5.20. The maximum Gasteiger partial charge on any atom is 0.307 e. The van der Waals surface area contributed by atoms with Gasteiger partial charge in [0.25, 0.3) is 0 Å². The molecule has 0 radical (unpaired) electrons. The molecular formula is C13H17NO3. The van der Waals surface area contributed by atoms with Crippen LogP contribution in [0.5, 0.6) is 5.88 Å². The average Bonchev–Trinajstić information content (AvgIpc) is 2.80. The highest BCUT2D eigenvalue weighted by atomic mass is 16.5. The Bertz CT molecular complexity index is 468. The summed E-state index contributed by atoms with van der Waals surface area (Å²) in [5.74, 6) is -0.440. The average molecular weight is 235 g/mol. The summed E-state index contributed by atoms with van der Waals surface area (Å²) in [4.78, 5) is 15.4. The highest BCUT2D eigenvalue weighted by molar-refractivity contribution is 5.77. The smallest absolute Gasteiger partial charge is 0.307 e. The van der Waals surface area contributed by atoms with Crippen LogP contribution in [0.4, 0.5) is 0 Å². The highest BCUT2D eigenvalue weighted by Gasteiger charge is 2.62.